The Morgan fingerprint density at radius 1 is 1.12 bits per heavy atom. The van der Waals surface area contributed by atoms with Gasteiger partial charge in [-0.1, -0.05) is 46.9 Å². The van der Waals surface area contributed by atoms with Gasteiger partial charge in [-0.2, -0.15) is 13.2 Å². The number of anilines is 1. The van der Waals surface area contributed by atoms with Crippen LogP contribution in [0.3, 0.4) is 0 Å². The maximum absolute atomic E-state index is 13.8. The first-order valence-electron chi connectivity index (χ1n) is 9.44. The number of amides is 1. The Bertz CT molecular complexity index is 919. The molecule has 0 aliphatic rings. The third kappa shape index (κ3) is 6.65. The number of carbonyl (C=O) groups excluding carboxylic acids is 1. The van der Waals surface area contributed by atoms with E-state index in [0.29, 0.717) is 5.69 Å². The lowest BCUT2D eigenvalue weighted by atomic mass is 9.92. The SMILES string of the molecule is CO[C@@H](C)CC(=O)NCc1ccc(NC[C@@](O)(c2cc(Cl)c(Cl)c(Cl)c2)C(F)(F)F)cc1. The van der Waals surface area contributed by atoms with Crippen molar-refractivity contribution in [1.82, 2.24) is 5.32 Å². The summed E-state index contributed by atoms with van der Waals surface area (Å²) in [5.41, 5.74) is -2.73. The Morgan fingerprint density at radius 3 is 2.19 bits per heavy atom. The van der Waals surface area contributed by atoms with Gasteiger partial charge in [0.25, 0.3) is 0 Å². The number of nitrogens with one attached hydrogen (secondary N) is 2. The Kier molecular flexibility index (Phi) is 9.07. The maximum atomic E-state index is 13.8. The molecule has 2 rings (SSSR count). The molecule has 11 heteroatoms. The van der Waals surface area contributed by atoms with E-state index >= 15 is 0 Å². The topological polar surface area (TPSA) is 70.6 Å². The molecular weight excluding hydrogens is 492 g/mol. The molecular formula is C21H22Cl3F3N2O3. The van der Waals surface area contributed by atoms with E-state index in [1.165, 1.54) is 19.2 Å². The molecule has 2 aromatic carbocycles. The highest BCUT2D eigenvalue weighted by atomic mass is 35.5. The van der Waals surface area contributed by atoms with Crippen LogP contribution in [0.25, 0.3) is 0 Å². The molecule has 0 unspecified atom stereocenters. The molecule has 0 aliphatic heterocycles. The smallest absolute Gasteiger partial charge is 0.381 e. The van der Waals surface area contributed by atoms with Crippen molar-refractivity contribution in [2.75, 3.05) is 19.0 Å². The number of methoxy groups -OCH3 is 1. The lowest BCUT2D eigenvalue weighted by molar-refractivity contribution is -0.260. The summed E-state index contributed by atoms with van der Waals surface area (Å²) in [6.45, 7) is 1.13. The second-order valence-corrected chi connectivity index (χ2v) is 8.38. The third-order valence-corrected chi connectivity index (χ3v) is 5.99. The summed E-state index contributed by atoms with van der Waals surface area (Å²) in [6.07, 6.45) is -5.02. The number of carbonyl (C=O) groups is 1. The molecule has 0 fully saturated rings. The lowest BCUT2D eigenvalue weighted by Crippen LogP contribution is -2.47. The lowest BCUT2D eigenvalue weighted by Gasteiger charge is -2.32. The van der Waals surface area contributed by atoms with Gasteiger partial charge in [0, 0.05) is 19.3 Å². The van der Waals surface area contributed by atoms with Crippen molar-refractivity contribution in [1.29, 1.82) is 0 Å². The van der Waals surface area contributed by atoms with Gasteiger partial charge in [0.15, 0.2) is 0 Å². The van der Waals surface area contributed by atoms with Crippen LogP contribution in [0.15, 0.2) is 36.4 Å². The van der Waals surface area contributed by atoms with E-state index in [1.807, 2.05) is 0 Å². The standard InChI is InChI=1S/C21H22Cl3F3N2O3/c1-12(32-2)7-18(30)28-10-13-3-5-15(6-4-13)29-11-20(31,21(25,26)27)14-8-16(22)19(24)17(23)9-14/h3-6,8-9,12,29,31H,7,10-11H2,1-2H3,(H,28,30)/t12-,20+/m0/s1. The van der Waals surface area contributed by atoms with E-state index in [2.05, 4.69) is 10.6 Å². The summed E-state index contributed by atoms with van der Waals surface area (Å²) in [5, 5.41) is 15.3. The number of aliphatic hydroxyl groups is 1. The Hall–Kier alpha value is -1.71. The van der Waals surface area contributed by atoms with Crippen molar-refractivity contribution in [3.8, 4) is 0 Å². The molecule has 2 aromatic rings. The van der Waals surface area contributed by atoms with E-state index in [9.17, 15) is 23.1 Å². The Morgan fingerprint density at radius 2 is 1.69 bits per heavy atom. The van der Waals surface area contributed by atoms with Gasteiger partial charge in [0.05, 0.1) is 34.1 Å². The number of alkyl halides is 3. The zero-order valence-electron chi connectivity index (χ0n) is 17.2. The van der Waals surface area contributed by atoms with Crippen LogP contribution in [0.2, 0.25) is 15.1 Å². The minimum atomic E-state index is -5.02. The fourth-order valence-corrected chi connectivity index (χ4v) is 3.34. The van der Waals surface area contributed by atoms with Gasteiger partial charge >= 0.3 is 6.18 Å². The zero-order valence-corrected chi connectivity index (χ0v) is 19.5. The highest BCUT2D eigenvalue weighted by Crippen LogP contribution is 2.43. The van der Waals surface area contributed by atoms with Crippen molar-refractivity contribution >= 4 is 46.4 Å². The van der Waals surface area contributed by atoms with Crippen LogP contribution in [0.4, 0.5) is 18.9 Å². The molecule has 0 aromatic heterocycles. The van der Waals surface area contributed by atoms with E-state index < -0.39 is 23.9 Å². The summed E-state index contributed by atoms with van der Waals surface area (Å²) in [5.74, 6) is -0.183. The fraction of sp³-hybridized carbons (Fsp3) is 0.381. The Balaban J connectivity index is 2.08. The van der Waals surface area contributed by atoms with Gasteiger partial charge in [-0.05, 0) is 42.3 Å². The van der Waals surface area contributed by atoms with Crippen molar-refractivity contribution < 1.29 is 27.8 Å². The molecule has 0 aliphatic carbocycles. The number of benzene rings is 2. The summed E-state index contributed by atoms with van der Waals surface area (Å²) in [7, 11) is 1.51. The largest absolute Gasteiger partial charge is 0.423 e. The summed E-state index contributed by atoms with van der Waals surface area (Å²) in [4.78, 5) is 11.8. The van der Waals surface area contributed by atoms with Gasteiger partial charge in [-0.25, -0.2) is 0 Å². The second-order valence-electron chi connectivity index (χ2n) is 7.19. The Labute approximate surface area is 198 Å². The number of ether oxygens (including phenoxy) is 1. The van der Waals surface area contributed by atoms with Crippen LogP contribution in [-0.4, -0.2) is 36.9 Å². The second kappa shape index (κ2) is 10.9. The van der Waals surface area contributed by atoms with Crippen LogP contribution in [0.1, 0.15) is 24.5 Å². The summed E-state index contributed by atoms with van der Waals surface area (Å²) < 4.78 is 46.3. The molecule has 0 saturated heterocycles. The van der Waals surface area contributed by atoms with E-state index in [0.717, 1.165) is 17.7 Å². The molecule has 176 valence electrons. The van der Waals surface area contributed by atoms with E-state index in [1.54, 1.807) is 19.1 Å². The maximum Gasteiger partial charge on any atom is 0.423 e. The van der Waals surface area contributed by atoms with Crippen molar-refractivity contribution in [3.63, 3.8) is 0 Å². The minimum Gasteiger partial charge on any atom is -0.381 e. The van der Waals surface area contributed by atoms with Crippen LogP contribution in [0, 0.1) is 0 Å². The fourth-order valence-electron chi connectivity index (χ4n) is 2.75. The van der Waals surface area contributed by atoms with E-state index in [4.69, 9.17) is 39.5 Å². The number of rotatable bonds is 9. The number of hydrogen-bond donors (Lipinski definition) is 3. The summed E-state index contributed by atoms with van der Waals surface area (Å²) in [6, 6.07) is 8.23. The summed E-state index contributed by atoms with van der Waals surface area (Å²) >= 11 is 17.5. The quantitative estimate of drug-likeness (QED) is 0.385. The highest BCUT2D eigenvalue weighted by molar-refractivity contribution is 6.48. The van der Waals surface area contributed by atoms with Gasteiger partial charge in [-0.3, -0.25) is 4.79 Å². The number of hydrogen-bond acceptors (Lipinski definition) is 4. The van der Waals surface area contributed by atoms with Gasteiger partial charge in [0.1, 0.15) is 0 Å². The first kappa shape index (κ1) is 26.5. The monoisotopic (exact) mass is 512 g/mol. The molecule has 2 atom stereocenters. The predicted molar refractivity (Wildman–Crippen MR) is 119 cm³/mol. The zero-order chi connectivity index (χ0) is 24.1. The third-order valence-electron chi connectivity index (χ3n) is 4.80. The molecule has 3 N–H and O–H groups in total. The highest BCUT2D eigenvalue weighted by Gasteiger charge is 2.55. The van der Waals surface area contributed by atoms with Crippen LogP contribution < -0.4 is 10.6 Å². The average molecular weight is 514 g/mol. The first-order chi connectivity index (χ1) is 14.9. The minimum absolute atomic E-state index is 0.103. The average Bonchev–Trinajstić information content (AvgIpc) is 2.73. The van der Waals surface area contributed by atoms with Crippen molar-refractivity contribution in [3.05, 3.63) is 62.6 Å². The number of halogens is 6. The molecule has 1 amide bonds. The molecule has 0 saturated carbocycles. The molecule has 32 heavy (non-hydrogen) atoms. The molecule has 0 radical (unpaired) electrons. The van der Waals surface area contributed by atoms with Crippen LogP contribution >= 0.6 is 34.8 Å². The molecule has 0 bridgehead atoms. The van der Waals surface area contributed by atoms with Gasteiger partial charge in [-0.15, -0.1) is 0 Å². The van der Waals surface area contributed by atoms with Gasteiger partial charge < -0.3 is 20.5 Å². The van der Waals surface area contributed by atoms with Crippen molar-refractivity contribution in [2.45, 2.75) is 37.8 Å². The normalized spacial score (nSPS) is 14.5. The van der Waals surface area contributed by atoms with E-state index in [-0.39, 0.29) is 40.0 Å². The van der Waals surface area contributed by atoms with Crippen LogP contribution in [-0.2, 0) is 21.7 Å². The van der Waals surface area contributed by atoms with Gasteiger partial charge in [0.2, 0.25) is 11.5 Å². The molecule has 5 nitrogen and oxygen atoms in total. The van der Waals surface area contributed by atoms with Crippen LogP contribution in [0.5, 0.6) is 0 Å². The molecule has 0 spiro atoms. The molecule has 0 heterocycles. The first-order valence-corrected chi connectivity index (χ1v) is 10.6. The predicted octanol–water partition coefficient (Wildman–Crippen LogP) is 5.55. The van der Waals surface area contributed by atoms with Crippen molar-refractivity contribution in [2.24, 2.45) is 0 Å².